The summed E-state index contributed by atoms with van der Waals surface area (Å²) in [7, 11) is 0. The lowest BCUT2D eigenvalue weighted by Crippen LogP contribution is -2.17. The van der Waals surface area contributed by atoms with Crippen molar-refractivity contribution in [1.82, 2.24) is 14.8 Å². The average molecular weight is 491 g/mol. The number of allylic oxidation sites excluding steroid dienone is 2. The fraction of sp³-hybridized carbons (Fsp3) is 0.208. The number of carbonyl (C=O) groups is 1. The Hall–Kier alpha value is -4.02. The van der Waals surface area contributed by atoms with Crippen LogP contribution in [0.25, 0.3) is 16.9 Å². The summed E-state index contributed by atoms with van der Waals surface area (Å²) in [6, 6.07) is 4.65. The van der Waals surface area contributed by atoms with Gasteiger partial charge in [-0.25, -0.2) is 18.3 Å². The standard InChI is InChI=1S/C24H18F5N3O3/c1-14-2-4-15(5-3-14)13-34-23(33)21-10-22(32(31-21)19-8-18(26)11-30-12-19)16-6-17(25)9-20(7-16)35-24(27,28)29/h2,4-12,14H,3,13H2,1H3. The van der Waals surface area contributed by atoms with Crippen molar-refractivity contribution in [2.24, 2.45) is 5.92 Å². The summed E-state index contributed by atoms with van der Waals surface area (Å²) in [4.78, 5) is 16.4. The minimum absolute atomic E-state index is 0.0125. The Balaban J connectivity index is 1.70. The molecular weight excluding hydrogens is 473 g/mol. The fourth-order valence-electron chi connectivity index (χ4n) is 3.40. The molecule has 0 N–H and O–H groups in total. The second-order valence-corrected chi connectivity index (χ2v) is 7.84. The van der Waals surface area contributed by atoms with Crippen LogP contribution in [0.15, 0.2) is 66.5 Å². The summed E-state index contributed by atoms with van der Waals surface area (Å²) < 4.78 is 76.2. The van der Waals surface area contributed by atoms with Gasteiger partial charge in [0.25, 0.3) is 0 Å². The van der Waals surface area contributed by atoms with Crippen LogP contribution in [0.2, 0.25) is 0 Å². The predicted molar refractivity (Wildman–Crippen MR) is 115 cm³/mol. The third kappa shape index (κ3) is 6.11. The summed E-state index contributed by atoms with van der Waals surface area (Å²) in [5.41, 5.74) is 0.507. The number of alkyl halides is 3. The zero-order valence-corrected chi connectivity index (χ0v) is 18.2. The minimum Gasteiger partial charge on any atom is -0.456 e. The molecule has 0 amide bonds. The van der Waals surface area contributed by atoms with E-state index in [0.29, 0.717) is 12.0 Å². The Kier molecular flexibility index (Phi) is 6.68. The molecule has 3 aromatic rings. The van der Waals surface area contributed by atoms with Gasteiger partial charge in [0.1, 0.15) is 24.0 Å². The molecule has 0 spiro atoms. The van der Waals surface area contributed by atoms with Gasteiger partial charge in [0.05, 0.1) is 23.8 Å². The van der Waals surface area contributed by atoms with Crippen molar-refractivity contribution in [2.45, 2.75) is 19.7 Å². The molecule has 182 valence electrons. The fourth-order valence-corrected chi connectivity index (χ4v) is 3.40. The van der Waals surface area contributed by atoms with Crippen molar-refractivity contribution < 1.29 is 36.2 Å². The number of hydrogen-bond acceptors (Lipinski definition) is 5. The zero-order chi connectivity index (χ0) is 25.2. The first-order valence-corrected chi connectivity index (χ1v) is 10.4. The molecule has 1 aliphatic rings. The molecule has 0 radical (unpaired) electrons. The highest BCUT2D eigenvalue weighted by Crippen LogP contribution is 2.31. The number of rotatable bonds is 6. The molecule has 6 nitrogen and oxygen atoms in total. The van der Waals surface area contributed by atoms with E-state index >= 15 is 0 Å². The van der Waals surface area contributed by atoms with Crippen LogP contribution in [-0.4, -0.2) is 33.7 Å². The molecule has 1 aromatic carbocycles. The molecule has 4 rings (SSSR count). The van der Waals surface area contributed by atoms with Gasteiger partial charge in [0.15, 0.2) is 5.69 Å². The van der Waals surface area contributed by atoms with E-state index in [0.717, 1.165) is 41.1 Å². The number of nitrogens with zero attached hydrogens (tertiary/aromatic N) is 3. The minimum atomic E-state index is -5.05. The first-order valence-electron chi connectivity index (χ1n) is 10.4. The topological polar surface area (TPSA) is 66.2 Å². The second-order valence-electron chi connectivity index (χ2n) is 7.84. The van der Waals surface area contributed by atoms with Crippen molar-refractivity contribution in [1.29, 1.82) is 0 Å². The van der Waals surface area contributed by atoms with Crippen LogP contribution in [0, 0.1) is 17.6 Å². The van der Waals surface area contributed by atoms with Gasteiger partial charge in [-0.05, 0) is 36.1 Å². The Labute approximate surface area is 196 Å². The Bertz CT molecular complexity index is 1310. The largest absolute Gasteiger partial charge is 0.573 e. The third-order valence-electron chi connectivity index (χ3n) is 5.01. The molecule has 0 saturated carbocycles. The lowest BCUT2D eigenvalue weighted by atomic mass is 9.99. The number of pyridine rings is 1. The normalized spacial score (nSPS) is 15.6. The van der Waals surface area contributed by atoms with Crippen molar-refractivity contribution in [3.63, 3.8) is 0 Å². The highest BCUT2D eigenvalue weighted by Gasteiger charge is 2.31. The van der Waals surface area contributed by atoms with Crippen LogP contribution in [0.5, 0.6) is 5.75 Å². The molecule has 1 aliphatic carbocycles. The quantitative estimate of drug-likeness (QED) is 0.323. The van der Waals surface area contributed by atoms with Gasteiger partial charge >= 0.3 is 12.3 Å². The molecule has 0 aliphatic heterocycles. The first kappa shape index (κ1) is 24.1. The van der Waals surface area contributed by atoms with Crippen molar-refractivity contribution >= 4 is 5.97 Å². The number of hydrogen-bond donors (Lipinski definition) is 0. The van der Waals surface area contributed by atoms with Gasteiger partial charge in [-0.3, -0.25) is 4.98 Å². The molecule has 1 unspecified atom stereocenters. The average Bonchev–Trinajstić information content (AvgIpc) is 3.23. The summed E-state index contributed by atoms with van der Waals surface area (Å²) in [6.45, 7) is 2.03. The van der Waals surface area contributed by atoms with Gasteiger partial charge in [0, 0.05) is 17.7 Å². The number of halogens is 5. The molecule has 0 bridgehead atoms. The van der Waals surface area contributed by atoms with Gasteiger partial charge in [-0.15, -0.1) is 13.2 Å². The lowest BCUT2D eigenvalue weighted by Gasteiger charge is -2.12. The molecular formula is C24H18F5N3O3. The number of aromatic nitrogens is 3. The van der Waals surface area contributed by atoms with E-state index < -0.39 is 29.7 Å². The molecule has 0 fully saturated rings. The number of benzene rings is 1. The van der Waals surface area contributed by atoms with E-state index in [4.69, 9.17) is 4.74 Å². The van der Waals surface area contributed by atoms with Gasteiger partial charge in [-0.1, -0.05) is 25.2 Å². The maximum Gasteiger partial charge on any atom is 0.573 e. The van der Waals surface area contributed by atoms with Crippen molar-refractivity contribution in [3.8, 4) is 22.7 Å². The molecule has 2 heterocycles. The SMILES string of the molecule is CC1C=CC(COC(=O)c2cc(-c3cc(F)cc(OC(F)(F)F)c3)n(-c3cncc(F)c3)n2)=CC1. The maximum atomic E-state index is 14.2. The highest BCUT2D eigenvalue weighted by molar-refractivity contribution is 5.89. The van der Waals surface area contributed by atoms with Crippen LogP contribution in [0.1, 0.15) is 23.8 Å². The van der Waals surface area contributed by atoms with E-state index in [1.54, 1.807) is 0 Å². The lowest BCUT2D eigenvalue weighted by molar-refractivity contribution is -0.274. The number of esters is 1. The van der Waals surface area contributed by atoms with E-state index in [-0.39, 0.29) is 29.2 Å². The highest BCUT2D eigenvalue weighted by atomic mass is 19.4. The van der Waals surface area contributed by atoms with Gasteiger partial charge in [-0.2, -0.15) is 5.10 Å². The third-order valence-corrected chi connectivity index (χ3v) is 5.01. The molecule has 0 saturated heterocycles. The predicted octanol–water partition coefficient (Wildman–Crippen LogP) is 5.79. The summed E-state index contributed by atoms with van der Waals surface area (Å²) in [5, 5.41) is 4.12. The summed E-state index contributed by atoms with van der Waals surface area (Å²) in [5.74, 6) is -3.01. The van der Waals surface area contributed by atoms with Crippen LogP contribution in [0.4, 0.5) is 22.0 Å². The van der Waals surface area contributed by atoms with Crippen LogP contribution >= 0.6 is 0 Å². The van der Waals surface area contributed by atoms with Gasteiger partial charge < -0.3 is 9.47 Å². The molecule has 1 atom stereocenters. The summed E-state index contributed by atoms with van der Waals surface area (Å²) in [6.07, 6.45) is 3.68. The van der Waals surface area contributed by atoms with Crippen LogP contribution in [0.3, 0.4) is 0 Å². The van der Waals surface area contributed by atoms with E-state index in [1.165, 1.54) is 12.3 Å². The van der Waals surface area contributed by atoms with E-state index in [2.05, 4.69) is 14.8 Å². The van der Waals surface area contributed by atoms with E-state index in [9.17, 15) is 26.7 Å². The van der Waals surface area contributed by atoms with Crippen molar-refractivity contribution in [2.75, 3.05) is 6.61 Å². The maximum absolute atomic E-state index is 14.2. The second kappa shape index (κ2) is 9.69. The monoisotopic (exact) mass is 491 g/mol. The molecule has 11 heteroatoms. The smallest absolute Gasteiger partial charge is 0.456 e. The number of carbonyl (C=O) groups excluding carboxylic acids is 1. The Morgan fingerprint density at radius 2 is 1.91 bits per heavy atom. The zero-order valence-electron chi connectivity index (χ0n) is 18.2. The Morgan fingerprint density at radius 3 is 2.60 bits per heavy atom. The summed E-state index contributed by atoms with van der Waals surface area (Å²) >= 11 is 0. The number of ether oxygens (including phenoxy) is 2. The molecule has 2 aromatic heterocycles. The van der Waals surface area contributed by atoms with Crippen molar-refractivity contribution in [3.05, 3.63) is 83.9 Å². The Morgan fingerprint density at radius 1 is 1.11 bits per heavy atom. The van der Waals surface area contributed by atoms with Crippen LogP contribution in [-0.2, 0) is 4.74 Å². The molecule has 35 heavy (non-hydrogen) atoms. The van der Waals surface area contributed by atoms with Crippen LogP contribution < -0.4 is 4.74 Å². The van der Waals surface area contributed by atoms with Gasteiger partial charge in [0.2, 0.25) is 0 Å². The van der Waals surface area contributed by atoms with E-state index in [1.807, 2.05) is 25.2 Å². The first-order chi connectivity index (χ1) is 16.6.